The number of piperidine rings is 1. The molecule has 4 rings (SSSR count). The zero-order chi connectivity index (χ0) is 20.0. The van der Waals surface area contributed by atoms with E-state index < -0.39 is 17.2 Å². The highest BCUT2D eigenvalue weighted by Crippen LogP contribution is 2.34. The lowest BCUT2D eigenvalue weighted by Crippen LogP contribution is -2.43. The van der Waals surface area contributed by atoms with Crippen LogP contribution in [0.5, 0.6) is 0 Å². The third-order valence-electron chi connectivity index (χ3n) is 5.03. The molecule has 0 amide bonds. The number of nitrogens with two attached hydrogens (primary N) is 1. The number of nitrogens with zero attached hydrogens (tertiary/aromatic N) is 5. The van der Waals surface area contributed by atoms with Crippen LogP contribution in [0, 0.1) is 23.0 Å². The summed E-state index contributed by atoms with van der Waals surface area (Å²) in [4.78, 5) is 19.1. The van der Waals surface area contributed by atoms with Gasteiger partial charge in [-0.15, -0.1) is 0 Å². The average molecular weight is 384 g/mol. The van der Waals surface area contributed by atoms with Gasteiger partial charge in [0.2, 0.25) is 0 Å². The van der Waals surface area contributed by atoms with Gasteiger partial charge in [-0.2, -0.15) is 5.26 Å². The summed E-state index contributed by atoms with van der Waals surface area (Å²) in [6.07, 6.45) is 3.01. The Morgan fingerprint density at radius 1 is 1.32 bits per heavy atom. The Kier molecular flexibility index (Phi) is 4.35. The Labute approximate surface area is 159 Å². The Morgan fingerprint density at radius 3 is 2.79 bits per heavy atom. The smallest absolute Gasteiger partial charge is 0.278 e. The van der Waals surface area contributed by atoms with Gasteiger partial charge in [-0.3, -0.25) is 9.36 Å². The minimum atomic E-state index is -1.04. The van der Waals surface area contributed by atoms with Crippen molar-refractivity contribution < 1.29 is 8.78 Å². The molecular formula is C19H18F2N6O. The fraction of sp³-hybridized carbons (Fsp3) is 0.316. The van der Waals surface area contributed by atoms with Crippen LogP contribution >= 0.6 is 0 Å². The molecule has 144 valence electrons. The predicted octanol–water partition coefficient (Wildman–Crippen LogP) is 1.80. The molecule has 1 aliphatic rings. The maximum atomic E-state index is 14.0. The highest BCUT2D eigenvalue weighted by molar-refractivity contribution is 5.91. The van der Waals surface area contributed by atoms with Crippen LogP contribution in [0.4, 0.5) is 14.6 Å². The molecule has 1 atom stereocenters. The molecule has 0 unspecified atom stereocenters. The number of benzene rings is 1. The molecule has 1 saturated heterocycles. The topological polar surface area (TPSA) is 92.9 Å². The van der Waals surface area contributed by atoms with Crippen molar-refractivity contribution in [2.24, 2.45) is 12.8 Å². The summed E-state index contributed by atoms with van der Waals surface area (Å²) in [7, 11) is 1.54. The van der Waals surface area contributed by atoms with Crippen molar-refractivity contribution in [2.45, 2.75) is 18.9 Å². The summed E-state index contributed by atoms with van der Waals surface area (Å²) >= 11 is 0. The molecular weight excluding hydrogens is 366 g/mol. The third-order valence-corrected chi connectivity index (χ3v) is 5.03. The normalized spacial score (nSPS) is 17.1. The first-order valence-electron chi connectivity index (χ1n) is 8.88. The zero-order valence-corrected chi connectivity index (χ0v) is 15.2. The van der Waals surface area contributed by atoms with Crippen molar-refractivity contribution in [2.75, 3.05) is 18.0 Å². The molecule has 1 aromatic carbocycles. The number of aromatic nitrogens is 3. The number of rotatable bonds is 2. The van der Waals surface area contributed by atoms with Crippen molar-refractivity contribution in [1.29, 1.82) is 5.26 Å². The van der Waals surface area contributed by atoms with Crippen molar-refractivity contribution >= 4 is 16.9 Å². The molecule has 1 fully saturated rings. The standard InChI is InChI=1S/C19H18F2N6O/c1-25-10-24-16-13(8-22)18(26-6-2-3-11(23)9-26)27(17(16)19(25)28)12-4-5-14(20)15(21)7-12/h4-5,7,10-11H,2-3,6,9,23H2,1H3/t11-/m0/s1. The first-order valence-corrected chi connectivity index (χ1v) is 8.88. The quantitative estimate of drug-likeness (QED) is 0.727. The minimum Gasteiger partial charge on any atom is -0.355 e. The van der Waals surface area contributed by atoms with Crippen molar-refractivity contribution in [3.63, 3.8) is 0 Å². The lowest BCUT2D eigenvalue weighted by molar-refractivity contribution is 0.500. The predicted molar refractivity (Wildman–Crippen MR) is 100 cm³/mol. The molecule has 0 spiro atoms. The monoisotopic (exact) mass is 384 g/mol. The second-order valence-electron chi connectivity index (χ2n) is 6.95. The Morgan fingerprint density at radius 2 is 2.11 bits per heavy atom. The van der Waals surface area contributed by atoms with E-state index >= 15 is 0 Å². The molecule has 3 aromatic rings. The summed E-state index contributed by atoms with van der Waals surface area (Å²) in [5.41, 5.74) is 6.54. The van der Waals surface area contributed by atoms with Gasteiger partial charge in [-0.1, -0.05) is 0 Å². The van der Waals surface area contributed by atoms with Gasteiger partial charge in [-0.25, -0.2) is 13.8 Å². The SMILES string of the molecule is Cn1cnc2c(C#N)c(N3CCC[C@H](N)C3)n(-c3ccc(F)c(F)c3)c2c1=O. The van der Waals surface area contributed by atoms with Crippen LogP contribution in [0.1, 0.15) is 18.4 Å². The van der Waals surface area contributed by atoms with Gasteiger partial charge >= 0.3 is 0 Å². The number of nitriles is 1. The second kappa shape index (κ2) is 6.73. The average Bonchev–Trinajstić information content (AvgIpc) is 3.02. The second-order valence-corrected chi connectivity index (χ2v) is 6.95. The van der Waals surface area contributed by atoms with E-state index in [0.29, 0.717) is 18.9 Å². The van der Waals surface area contributed by atoms with E-state index in [1.165, 1.54) is 21.5 Å². The number of hydrogen-bond donors (Lipinski definition) is 1. The summed E-state index contributed by atoms with van der Waals surface area (Å²) in [5, 5.41) is 9.83. The Balaban J connectivity index is 2.11. The molecule has 9 heteroatoms. The highest BCUT2D eigenvalue weighted by atomic mass is 19.2. The number of hydrogen-bond acceptors (Lipinski definition) is 5. The van der Waals surface area contributed by atoms with Crippen LogP contribution in [0.2, 0.25) is 0 Å². The number of anilines is 1. The Bertz CT molecular complexity index is 1180. The van der Waals surface area contributed by atoms with Crippen LogP contribution in [0.25, 0.3) is 16.7 Å². The minimum absolute atomic E-state index is 0.0903. The van der Waals surface area contributed by atoms with E-state index in [4.69, 9.17) is 5.73 Å². The largest absolute Gasteiger partial charge is 0.355 e. The van der Waals surface area contributed by atoms with E-state index in [9.17, 15) is 18.8 Å². The van der Waals surface area contributed by atoms with Crippen LogP contribution in [0.3, 0.4) is 0 Å². The summed E-state index contributed by atoms with van der Waals surface area (Å²) in [5.74, 6) is -1.61. The Hall–Kier alpha value is -3.25. The summed E-state index contributed by atoms with van der Waals surface area (Å²) in [6, 6.07) is 5.42. The van der Waals surface area contributed by atoms with E-state index in [0.717, 1.165) is 25.0 Å². The number of fused-ring (bicyclic) bond motifs is 1. The van der Waals surface area contributed by atoms with E-state index in [-0.39, 0.29) is 28.3 Å². The van der Waals surface area contributed by atoms with Gasteiger partial charge in [0.05, 0.1) is 12.0 Å². The molecule has 1 aliphatic heterocycles. The maximum absolute atomic E-state index is 14.0. The number of halogens is 2. The van der Waals surface area contributed by atoms with Gasteiger partial charge in [0.25, 0.3) is 5.56 Å². The highest BCUT2D eigenvalue weighted by Gasteiger charge is 2.29. The third kappa shape index (κ3) is 2.73. The molecule has 0 radical (unpaired) electrons. The van der Waals surface area contributed by atoms with Crippen LogP contribution in [0.15, 0.2) is 29.3 Å². The number of aryl methyl sites for hydroxylation is 1. The fourth-order valence-corrected chi connectivity index (χ4v) is 3.71. The van der Waals surface area contributed by atoms with Gasteiger partial charge in [-0.05, 0) is 25.0 Å². The van der Waals surface area contributed by atoms with E-state index in [2.05, 4.69) is 11.1 Å². The summed E-state index contributed by atoms with van der Waals surface area (Å²) in [6.45, 7) is 1.11. The van der Waals surface area contributed by atoms with Gasteiger partial charge in [0.15, 0.2) is 11.6 Å². The summed E-state index contributed by atoms with van der Waals surface area (Å²) < 4.78 is 30.3. The van der Waals surface area contributed by atoms with Gasteiger partial charge in [0, 0.05) is 32.2 Å². The molecule has 0 bridgehead atoms. The first-order chi connectivity index (χ1) is 13.4. The van der Waals surface area contributed by atoms with Crippen molar-refractivity contribution in [3.8, 4) is 11.8 Å². The zero-order valence-electron chi connectivity index (χ0n) is 15.2. The lowest BCUT2D eigenvalue weighted by atomic mass is 10.1. The van der Waals surface area contributed by atoms with E-state index in [1.54, 1.807) is 7.05 Å². The molecule has 28 heavy (non-hydrogen) atoms. The first kappa shape index (κ1) is 18.1. The van der Waals surface area contributed by atoms with E-state index in [1.807, 2.05) is 4.90 Å². The molecule has 0 aliphatic carbocycles. The molecule has 0 saturated carbocycles. The van der Waals surface area contributed by atoms with Gasteiger partial charge in [0.1, 0.15) is 28.5 Å². The molecule has 7 nitrogen and oxygen atoms in total. The van der Waals surface area contributed by atoms with Crippen LogP contribution in [-0.2, 0) is 7.05 Å². The molecule has 2 aromatic heterocycles. The lowest BCUT2D eigenvalue weighted by Gasteiger charge is -2.33. The van der Waals surface area contributed by atoms with Crippen molar-refractivity contribution in [1.82, 2.24) is 14.1 Å². The van der Waals surface area contributed by atoms with Crippen molar-refractivity contribution in [3.05, 3.63) is 52.1 Å². The molecule has 2 N–H and O–H groups in total. The fourth-order valence-electron chi connectivity index (χ4n) is 3.71. The van der Waals surface area contributed by atoms with Crippen LogP contribution < -0.4 is 16.2 Å². The van der Waals surface area contributed by atoms with Crippen LogP contribution in [-0.4, -0.2) is 33.2 Å². The molecule has 3 heterocycles. The maximum Gasteiger partial charge on any atom is 0.278 e. The van der Waals surface area contributed by atoms with Gasteiger partial charge < -0.3 is 15.2 Å².